The molecule has 0 bridgehead atoms. The molecule has 0 N–H and O–H groups in total. The lowest BCUT2D eigenvalue weighted by Crippen LogP contribution is -1.95. The Morgan fingerprint density at radius 3 is 2.55 bits per heavy atom. The van der Waals surface area contributed by atoms with Crippen LogP contribution in [-0.4, -0.2) is 18.6 Å². The molecule has 0 aliphatic heterocycles. The van der Waals surface area contributed by atoms with E-state index in [9.17, 15) is 10.1 Å². The molecular weight excluding hydrogens is 284 g/mol. The van der Waals surface area contributed by atoms with Gasteiger partial charge < -0.3 is 9.47 Å². The van der Waals surface area contributed by atoms with Gasteiger partial charge in [0.15, 0.2) is 0 Å². The highest BCUT2D eigenvalue weighted by atomic mass is 16.6. The van der Waals surface area contributed by atoms with Crippen molar-refractivity contribution in [2.45, 2.75) is 6.42 Å². The summed E-state index contributed by atoms with van der Waals surface area (Å²) < 4.78 is 10.6. The number of rotatable bonds is 6. The molecular formula is C16H14N2O4. The molecule has 2 rings (SSSR count). The quantitative estimate of drug-likeness (QED) is 0.602. The predicted octanol–water partition coefficient (Wildman–Crippen LogP) is 3.45. The summed E-state index contributed by atoms with van der Waals surface area (Å²) >= 11 is 0. The Morgan fingerprint density at radius 1 is 1.23 bits per heavy atom. The van der Waals surface area contributed by atoms with Crippen molar-refractivity contribution >= 4 is 5.69 Å². The molecule has 2 aromatic rings. The van der Waals surface area contributed by atoms with Crippen LogP contribution >= 0.6 is 0 Å². The summed E-state index contributed by atoms with van der Waals surface area (Å²) in [4.78, 5) is 10.2. The van der Waals surface area contributed by atoms with E-state index in [4.69, 9.17) is 14.7 Å². The molecule has 0 aliphatic rings. The number of nitro groups is 1. The van der Waals surface area contributed by atoms with Crippen molar-refractivity contribution < 1.29 is 14.4 Å². The standard InChI is InChI=1S/C16H14N2O4/c1-21-9-8-12-2-5-15(6-3-12)22-16-7-4-14(18(19)20)10-13(16)11-17/h2-7,10H,8-9H2,1H3. The van der Waals surface area contributed by atoms with E-state index in [0.717, 1.165) is 12.0 Å². The SMILES string of the molecule is COCCc1ccc(Oc2ccc([N+](=O)[O-])cc2C#N)cc1. The zero-order valence-electron chi connectivity index (χ0n) is 12.0. The third-order valence-electron chi connectivity index (χ3n) is 3.04. The lowest BCUT2D eigenvalue weighted by atomic mass is 10.1. The van der Waals surface area contributed by atoms with Crippen LogP contribution < -0.4 is 4.74 Å². The van der Waals surface area contributed by atoms with E-state index in [1.54, 1.807) is 19.2 Å². The Labute approximate surface area is 127 Å². The second kappa shape index (κ2) is 7.20. The van der Waals surface area contributed by atoms with E-state index >= 15 is 0 Å². The molecule has 22 heavy (non-hydrogen) atoms. The Morgan fingerprint density at radius 2 is 1.95 bits per heavy atom. The topological polar surface area (TPSA) is 85.4 Å². The molecule has 2 aromatic carbocycles. The highest BCUT2D eigenvalue weighted by Crippen LogP contribution is 2.28. The number of non-ortho nitro benzene ring substituents is 1. The van der Waals surface area contributed by atoms with E-state index in [1.165, 1.54) is 18.2 Å². The maximum absolute atomic E-state index is 10.7. The average Bonchev–Trinajstić information content (AvgIpc) is 2.54. The first-order valence-corrected chi connectivity index (χ1v) is 6.58. The normalized spacial score (nSPS) is 10.0. The maximum atomic E-state index is 10.7. The molecule has 0 radical (unpaired) electrons. The van der Waals surface area contributed by atoms with Crippen LogP contribution in [-0.2, 0) is 11.2 Å². The van der Waals surface area contributed by atoms with Crippen LogP contribution in [0, 0.1) is 21.4 Å². The van der Waals surface area contributed by atoms with Crippen LogP contribution in [0.1, 0.15) is 11.1 Å². The highest BCUT2D eigenvalue weighted by molar-refractivity contribution is 5.51. The van der Waals surface area contributed by atoms with E-state index in [2.05, 4.69) is 0 Å². The second-order valence-corrected chi connectivity index (χ2v) is 4.54. The van der Waals surface area contributed by atoms with Gasteiger partial charge in [0, 0.05) is 19.2 Å². The number of hydrogen-bond acceptors (Lipinski definition) is 5. The van der Waals surface area contributed by atoms with Crippen molar-refractivity contribution in [3.63, 3.8) is 0 Å². The van der Waals surface area contributed by atoms with E-state index in [1.807, 2.05) is 18.2 Å². The number of hydrogen-bond donors (Lipinski definition) is 0. The summed E-state index contributed by atoms with van der Waals surface area (Å²) in [7, 11) is 1.65. The van der Waals surface area contributed by atoms with Crippen LogP contribution in [0.2, 0.25) is 0 Å². The predicted molar refractivity (Wildman–Crippen MR) is 79.9 cm³/mol. The summed E-state index contributed by atoms with van der Waals surface area (Å²) in [5, 5.41) is 19.8. The van der Waals surface area contributed by atoms with Crippen molar-refractivity contribution in [1.82, 2.24) is 0 Å². The maximum Gasteiger partial charge on any atom is 0.271 e. The molecule has 0 aromatic heterocycles. The van der Waals surface area contributed by atoms with Crippen LogP contribution in [0.4, 0.5) is 5.69 Å². The first kappa shape index (κ1) is 15.5. The highest BCUT2D eigenvalue weighted by Gasteiger charge is 2.12. The summed E-state index contributed by atoms with van der Waals surface area (Å²) in [6.45, 7) is 0.640. The van der Waals surface area contributed by atoms with Crippen LogP contribution in [0.25, 0.3) is 0 Å². The van der Waals surface area contributed by atoms with Gasteiger partial charge >= 0.3 is 0 Å². The molecule has 6 heteroatoms. The van der Waals surface area contributed by atoms with Gasteiger partial charge in [0.05, 0.1) is 11.5 Å². The van der Waals surface area contributed by atoms with Gasteiger partial charge in [0.2, 0.25) is 0 Å². The average molecular weight is 298 g/mol. The molecule has 0 saturated carbocycles. The fourth-order valence-electron chi connectivity index (χ4n) is 1.88. The van der Waals surface area contributed by atoms with E-state index < -0.39 is 4.92 Å². The Kier molecular flexibility index (Phi) is 5.07. The first-order chi connectivity index (χ1) is 10.6. The van der Waals surface area contributed by atoms with Crippen LogP contribution in [0.15, 0.2) is 42.5 Å². The molecule has 112 valence electrons. The molecule has 6 nitrogen and oxygen atoms in total. The largest absolute Gasteiger partial charge is 0.456 e. The van der Waals surface area contributed by atoms with E-state index in [0.29, 0.717) is 12.4 Å². The number of nitro benzene ring substituents is 1. The minimum atomic E-state index is -0.546. The third kappa shape index (κ3) is 3.81. The molecule has 0 unspecified atom stereocenters. The molecule has 0 fully saturated rings. The van der Waals surface area contributed by atoms with Crippen molar-refractivity contribution in [2.24, 2.45) is 0 Å². The van der Waals surface area contributed by atoms with Crippen molar-refractivity contribution in [1.29, 1.82) is 5.26 Å². The molecule has 0 saturated heterocycles. The zero-order chi connectivity index (χ0) is 15.9. The van der Waals surface area contributed by atoms with Gasteiger partial charge in [-0.2, -0.15) is 5.26 Å². The summed E-state index contributed by atoms with van der Waals surface area (Å²) in [6, 6.07) is 13.2. The van der Waals surface area contributed by atoms with E-state index in [-0.39, 0.29) is 17.0 Å². The number of methoxy groups -OCH3 is 1. The summed E-state index contributed by atoms with van der Waals surface area (Å²) in [5.41, 5.74) is 1.09. The van der Waals surface area contributed by atoms with Gasteiger partial charge in [-0.25, -0.2) is 0 Å². The lowest BCUT2D eigenvalue weighted by Gasteiger charge is -2.08. The zero-order valence-corrected chi connectivity index (χ0v) is 12.0. The monoisotopic (exact) mass is 298 g/mol. The minimum Gasteiger partial charge on any atom is -0.456 e. The van der Waals surface area contributed by atoms with Gasteiger partial charge in [-0.05, 0) is 30.2 Å². The van der Waals surface area contributed by atoms with Crippen LogP contribution in [0.3, 0.4) is 0 Å². The lowest BCUT2D eigenvalue weighted by molar-refractivity contribution is -0.384. The Hall–Kier alpha value is -2.91. The van der Waals surface area contributed by atoms with Crippen molar-refractivity contribution in [3.8, 4) is 17.6 Å². The van der Waals surface area contributed by atoms with Gasteiger partial charge in [-0.15, -0.1) is 0 Å². The van der Waals surface area contributed by atoms with Crippen LogP contribution in [0.5, 0.6) is 11.5 Å². The molecule has 0 spiro atoms. The smallest absolute Gasteiger partial charge is 0.271 e. The fraction of sp³-hybridized carbons (Fsp3) is 0.188. The molecule has 0 heterocycles. The number of nitriles is 1. The summed E-state index contributed by atoms with van der Waals surface area (Å²) in [6.07, 6.45) is 0.803. The summed E-state index contributed by atoms with van der Waals surface area (Å²) in [5.74, 6) is 0.851. The van der Waals surface area contributed by atoms with Gasteiger partial charge in [0.1, 0.15) is 23.1 Å². The molecule has 0 atom stereocenters. The fourth-order valence-corrected chi connectivity index (χ4v) is 1.88. The molecule has 0 amide bonds. The second-order valence-electron chi connectivity index (χ2n) is 4.54. The van der Waals surface area contributed by atoms with Gasteiger partial charge in [0.25, 0.3) is 5.69 Å². The number of ether oxygens (including phenoxy) is 2. The van der Waals surface area contributed by atoms with Crippen molar-refractivity contribution in [3.05, 3.63) is 63.7 Å². The van der Waals surface area contributed by atoms with Gasteiger partial charge in [-0.1, -0.05) is 12.1 Å². The number of nitrogens with zero attached hydrogens (tertiary/aromatic N) is 2. The Bertz CT molecular complexity index is 705. The third-order valence-corrected chi connectivity index (χ3v) is 3.04. The number of benzene rings is 2. The Balaban J connectivity index is 2.16. The first-order valence-electron chi connectivity index (χ1n) is 6.58. The van der Waals surface area contributed by atoms with Gasteiger partial charge in [-0.3, -0.25) is 10.1 Å². The molecule has 0 aliphatic carbocycles. The van der Waals surface area contributed by atoms with Crippen molar-refractivity contribution in [2.75, 3.05) is 13.7 Å². The minimum absolute atomic E-state index is 0.123.